The average molecular weight is 269 g/mol. The molecule has 1 aliphatic heterocycles. The Balaban J connectivity index is 1.64. The van der Waals surface area contributed by atoms with Crippen molar-refractivity contribution < 1.29 is 4.79 Å². The van der Waals surface area contributed by atoms with Gasteiger partial charge in [0.25, 0.3) is 0 Å². The maximum atomic E-state index is 12.0. The summed E-state index contributed by atoms with van der Waals surface area (Å²) in [5.41, 5.74) is 1.77. The zero-order valence-electron chi connectivity index (χ0n) is 11.4. The van der Waals surface area contributed by atoms with Gasteiger partial charge in [-0.25, -0.2) is 0 Å². The van der Waals surface area contributed by atoms with E-state index in [1.807, 2.05) is 36.4 Å². The molecule has 1 aliphatic rings. The van der Waals surface area contributed by atoms with Crippen LogP contribution in [0.4, 0.5) is 0 Å². The highest BCUT2D eigenvalue weighted by atomic mass is 16.1. The smallest absolute Gasteiger partial charge is 0.226 e. The minimum absolute atomic E-state index is 0.0691. The lowest BCUT2D eigenvalue weighted by molar-refractivity contribution is -0.121. The first kappa shape index (κ1) is 13.1. The SMILES string of the molecule is O=C(Cc1ccc2ccccc2n1)NC1CCNCC1. The van der Waals surface area contributed by atoms with E-state index in [0.717, 1.165) is 42.5 Å². The third-order valence-electron chi connectivity index (χ3n) is 3.70. The molecule has 1 amide bonds. The minimum atomic E-state index is 0.0691. The predicted molar refractivity (Wildman–Crippen MR) is 79.5 cm³/mol. The van der Waals surface area contributed by atoms with Gasteiger partial charge in [0.15, 0.2) is 0 Å². The van der Waals surface area contributed by atoms with Crippen molar-refractivity contribution in [2.75, 3.05) is 13.1 Å². The molecule has 0 bridgehead atoms. The molecule has 1 aromatic heterocycles. The number of para-hydroxylation sites is 1. The normalized spacial score (nSPS) is 16.2. The molecule has 0 unspecified atom stereocenters. The Hall–Kier alpha value is -1.94. The molecule has 20 heavy (non-hydrogen) atoms. The van der Waals surface area contributed by atoms with Crippen molar-refractivity contribution in [2.45, 2.75) is 25.3 Å². The largest absolute Gasteiger partial charge is 0.353 e. The Morgan fingerprint density at radius 1 is 1.20 bits per heavy atom. The summed E-state index contributed by atoms with van der Waals surface area (Å²) in [6, 6.07) is 12.2. The molecule has 1 saturated heterocycles. The molecule has 3 rings (SSSR count). The second-order valence-electron chi connectivity index (χ2n) is 5.26. The van der Waals surface area contributed by atoms with Gasteiger partial charge in [-0.15, -0.1) is 0 Å². The molecule has 4 nitrogen and oxygen atoms in total. The predicted octanol–water partition coefficient (Wildman–Crippen LogP) is 1.65. The van der Waals surface area contributed by atoms with Crippen molar-refractivity contribution in [3.8, 4) is 0 Å². The Bertz CT molecular complexity index is 605. The van der Waals surface area contributed by atoms with Crippen molar-refractivity contribution in [2.24, 2.45) is 0 Å². The number of hydrogen-bond acceptors (Lipinski definition) is 3. The van der Waals surface area contributed by atoms with Crippen LogP contribution in [0.3, 0.4) is 0 Å². The highest BCUT2D eigenvalue weighted by Crippen LogP contribution is 2.12. The first-order valence-corrected chi connectivity index (χ1v) is 7.16. The molecule has 0 saturated carbocycles. The zero-order valence-corrected chi connectivity index (χ0v) is 11.4. The van der Waals surface area contributed by atoms with E-state index in [0.29, 0.717) is 12.5 Å². The third kappa shape index (κ3) is 3.14. The topological polar surface area (TPSA) is 54.0 Å². The Morgan fingerprint density at radius 3 is 2.85 bits per heavy atom. The lowest BCUT2D eigenvalue weighted by atomic mass is 10.1. The zero-order chi connectivity index (χ0) is 13.8. The summed E-state index contributed by atoms with van der Waals surface area (Å²) in [6.07, 6.45) is 2.38. The van der Waals surface area contributed by atoms with Crippen LogP contribution in [0.15, 0.2) is 36.4 Å². The van der Waals surface area contributed by atoms with E-state index < -0.39 is 0 Å². The molecule has 0 atom stereocenters. The molecule has 2 heterocycles. The van der Waals surface area contributed by atoms with E-state index in [2.05, 4.69) is 15.6 Å². The van der Waals surface area contributed by atoms with Crippen molar-refractivity contribution in [3.05, 3.63) is 42.1 Å². The number of piperidine rings is 1. The maximum absolute atomic E-state index is 12.0. The van der Waals surface area contributed by atoms with Gasteiger partial charge in [-0.2, -0.15) is 0 Å². The minimum Gasteiger partial charge on any atom is -0.353 e. The van der Waals surface area contributed by atoms with Crippen LogP contribution in [0.1, 0.15) is 18.5 Å². The molecular formula is C16H19N3O. The van der Waals surface area contributed by atoms with Crippen LogP contribution in [-0.2, 0) is 11.2 Å². The fourth-order valence-corrected chi connectivity index (χ4v) is 2.62. The number of amides is 1. The summed E-state index contributed by atoms with van der Waals surface area (Å²) in [5.74, 6) is 0.0691. The number of nitrogens with zero attached hydrogens (tertiary/aromatic N) is 1. The van der Waals surface area contributed by atoms with Crippen LogP contribution in [0, 0.1) is 0 Å². The first-order chi connectivity index (χ1) is 9.81. The molecule has 4 heteroatoms. The van der Waals surface area contributed by atoms with Gasteiger partial charge in [0.05, 0.1) is 17.6 Å². The number of nitrogens with one attached hydrogen (secondary N) is 2. The van der Waals surface area contributed by atoms with Gasteiger partial charge in [-0.05, 0) is 38.1 Å². The van der Waals surface area contributed by atoms with Crippen LogP contribution in [0.2, 0.25) is 0 Å². The summed E-state index contributed by atoms with van der Waals surface area (Å²) in [4.78, 5) is 16.6. The van der Waals surface area contributed by atoms with E-state index in [-0.39, 0.29) is 5.91 Å². The molecule has 0 spiro atoms. The number of hydrogen-bond donors (Lipinski definition) is 2. The number of aromatic nitrogens is 1. The van der Waals surface area contributed by atoms with Gasteiger partial charge in [0, 0.05) is 11.4 Å². The summed E-state index contributed by atoms with van der Waals surface area (Å²) >= 11 is 0. The van der Waals surface area contributed by atoms with Gasteiger partial charge in [-0.3, -0.25) is 9.78 Å². The summed E-state index contributed by atoms with van der Waals surface area (Å²) in [7, 11) is 0. The van der Waals surface area contributed by atoms with E-state index in [1.165, 1.54) is 0 Å². The second kappa shape index (κ2) is 6.01. The number of pyridine rings is 1. The Labute approximate surface area is 118 Å². The molecule has 2 aromatic rings. The van der Waals surface area contributed by atoms with Crippen molar-refractivity contribution >= 4 is 16.8 Å². The van der Waals surface area contributed by atoms with Crippen LogP contribution in [0.25, 0.3) is 10.9 Å². The maximum Gasteiger partial charge on any atom is 0.226 e. The molecule has 2 N–H and O–H groups in total. The van der Waals surface area contributed by atoms with E-state index >= 15 is 0 Å². The third-order valence-corrected chi connectivity index (χ3v) is 3.70. The summed E-state index contributed by atoms with van der Waals surface area (Å²) < 4.78 is 0. The molecule has 104 valence electrons. The summed E-state index contributed by atoms with van der Waals surface area (Å²) in [5, 5.41) is 7.50. The fraction of sp³-hybridized carbons (Fsp3) is 0.375. The Kier molecular flexibility index (Phi) is 3.92. The van der Waals surface area contributed by atoms with Gasteiger partial charge in [-0.1, -0.05) is 24.3 Å². The van der Waals surface area contributed by atoms with Crippen molar-refractivity contribution in [1.29, 1.82) is 0 Å². The Morgan fingerprint density at radius 2 is 2.00 bits per heavy atom. The lowest BCUT2D eigenvalue weighted by Crippen LogP contribution is -2.43. The number of benzene rings is 1. The number of rotatable bonds is 3. The van der Waals surface area contributed by atoms with Crippen LogP contribution >= 0.6 is 0 Å². The molecule has 0 radical (unpaired) electrons. The molecule has 1 aromatic carbocycles. The van der Waals surface area contributed by atoms with Gasteiger partial charge in [0.2, 0.25) is 5.91 Å². The quantitative estimate of drug-likeness (QED) is 0.890. The standard InChI is InChI=1S/C16H19N3O/c20-16(19-13-7-9-17-10-8-13)11-14-6-5-12-3-1-2-4-15(12)18-14/h1-6,13,17H,7-11H2,(H,19,20). The first-order valence-electron chi connectivity index (χ1n) is 7.16. The van der Waals surface area contributed by atoms with Gasteiger partial charge in [0.1, 0.15) is 0 Å². The highest BCUT2D eigenvalue weighted by molar-refractivity contribution is 5.81. The van der Waals surface area contributed by atoms with Gasteiger partial charge < -0.3 is 10.6 Å². The molecular weight excluding hydrogens is 250 g/mol. The van der Waals surface area contributed by atoms with E-state index in [1.54, 1.807) is 0 Å². The monoisotopic (exact) mass is 269 g/mol. The van der Waals surface area contributed by atoms with Crippen molar-refractivity contribution in [1.82, 2.24) is 15.6 Å². The molecule has 1 fully saturated rings. The van der Waals surface area contributed by atoms with Crippen LogP contribution < -0.4 is 10.6 Å². The molecule has 0 aliphatic carbocycles. The number of carbonyl (C=O) groups is 1. The van der Waals surface area contributed by atoms with Gasteiger partial charge >= 0.3 is 0 Å². The van der Waals surface area contributed by atoms with E-state index in [9.17, 15) is 4.79 Å². The van der Waals surface area contributed by atoms with E-state index in [4.69, 9.17) is 0 Å². The van der Waals surface area contributed by atoms with Crippen LogP contribution in [-0.4, -0.2) is 30.0 Å². The fourth-order valence-electron chi connectivity index (χ4n) is 2.62. The van der Waals surface area contributed by atoms with Crippen LogP contribution in [0.5, 0.6) is 0 Å². The highest BCUT2D eigenvalue weighted by Gasteiger charge is 2.15. The number of fused-ring (bicyclic) bond motifs is 1. The summed E-state index contributed by atoms with van der Waals surface area (Å²) in [6.45, 7) is 1.97. The van der Waals surface area contributed by atoms with Crippen molar-refractivity contribution in [3.63, 3.8) is 0 Å². The lowest BCUT2D eigenvalue weighted by Gasteiger charge is -2.23. The second-order valence-corrected chi connectivity index (χ2v) is 5.26. The average Bonchev–Trinajstić information content (AvgIpc) is 2.48. The number of carbonyl (C=O) groups excluding carboxylic acids is 1.